The van der Waals surface area contributed by atoms with Crippen molar-refractivity contribution in [3.8, 4) is 0 Å². The number of aryl methyl sites for hydroxylation is 3. The fourth-order valence-corrected chi connectivity index (χ4v) is 4.59. The molecule has 0 saturated heterocycles. The molecule has 2 fully saturated rings. The third-order valence-corrected chi connectivity index (χ3v) is 5.59. The van der Waals surface area contributed by atoms with Crippen molar-refractivity contribution < 1.29 is 14.3 Å². The molecule has 2 aliphatic carbocycles. The van der Waals surface area contributed by atoms with Crippen molar-refractivity contribution in [1.29, 1.82) is 0 Å². The number of ether oxygens (including phenoxy) is 1. The van der Waals surface area contributed by atoms with Gasteiger partial charge >= 0.3 is 5.97 Å². The molecule has 0 N–H and O–H groups in total. The first-order valence-corrected chi connectivity index (χ1v) is 8.30. The second kappa shape index (κ2) is 5.38. The number of halogens is 1. The zero-order valence-electron chi connectivity index (χ0n) is 13.2. The van der Waals surface area contributed by atoms with E-state index in [2.05, 4.69) is 0 Å². The molecule has 3 rings (SSSR count). The number of hydrogen-bond donors (Lipinski definition) is 0. The van der Waals surface area contributed by atoms with Gasteiger partial charge in [-0.05, 0) is 51.2 Å². The van der Waals surface area contributed by atoms with Crippen molar-refractivity contribution in [2.24, 2.45) is 5.92 Å². The predicted octanol–water partition coefficient (Wildman–Crippen LogP) is 3.89. The Balaban J connectivity index is 1.90. The molecule has 0 bridgehead atoms. The highest BCUT2D eigenvalue weighted by molar-refractivity contribution is 6.36. The first-order chi connectivity index (χ1) is 10.4. The first kappa shape index (κ1) is 15.5. The molecule has 0 spiro atoms. The van der Waals surface area contributed by atoms with E-state index in [1.165, 1.54) is 0 Å². The molecule has 4 heteroatoms. The van der Waals surface area contributed by atoms with E-state index in [-0.39, 0.29) is 17.7 Å². The molecule has 2 aliphatic rings. The molecule has 2 saturated carbocycles. The average molecular weight is 321 g/mol. The van der Waals surface area contributed by atoms with Crippen LogP contribution < -0.4 is 0 Å². The third kappa shape index (κ3) is 2.18. The highest BCUT2D eigenvalue weighted by atomic mass is 35.5. The van der Waals surface area contributed by atoms with Gasteiger partial charge in [0.05, 0.1) is 5.56 Å². The minimum absolute atomic E-state index is 0.0228. The van der Waals surface area contributed by atoms with E-state index in [0.717, 1.165) is 36.0 Å². The van der Waals surface area contributed by atoms with Crippen molar-refractivity contribution in [2.45, 2.75) is 57.4 Å². The minimum Gasteiger partial charge on any atom is -0.447 e. The van der Waals surface area contributed by atoms with E-state index >= 15 is 0 Å². The standard InChI is InChI=1S/C18H21ClO3/c1-10-8-11(2)14(12(3)9-10)17(21)22-18-7-5-4-6-13(18)15(19)16(18)20/h8-9,13,15H,4-7H2,1-3H3. The number of carbonyl (C=O) groups is 2. The lowest BCUT2D eigenvalue weighted by atomic mass is 9.60. The zero-order valence-corrected chi connectivity index (χ0v) is 14.0. The van der Waals surface area contributed by atoms with Gasteiger partial charge in [-0.3, -0.25) is 4.79 Å². The number of carbonyl (C=O) groups excluding carboxylic acids is 2. The molecule has 22 heavy (non-hydrogen) atoms. The number of fused-ring (bicyclic) bond motifs is 1. The molecule has 3 atom stereocenters. The third-order valence-electron chi connectivity index (χ3n) is 5.09. The van der Waals surface area contributed by atoms with Gasteiger partial charge in [0, 0.05) is 5.92 Å². The normalized spacial score (nSPS) is 30.5. The molecule has 0 aromatic heterocycles. The highest BCUT2D eigenvalue weighted by Gasteiger charge is 2.64. The van der Waals surface area contributed by atoms with Gasteiger partial charge in [0.1, 0.15) is 5.38 Å². The van der Waals surface area contributed by atoms with Crippen LogP contribution >= 0.6 is 11.6 Å². The Bertz CT molecular complexity index is 629. The Labute approximate surface area is 136 Å². The number of alkyl halides is 1. The van der Waals surface area contributed by atoms with Crippen molar-refractivity contribution in [3.05, 3.63) is 34.4 Å². The summed E-state index contributed by atoms with van der Waals surface area (Å²) < 4.78 is 5.78. The smallest absolute Gasteiger partial charge is 0.339 e. The Morgan fingerprint density at radius 3 is 2.50 bits per heavy atom. The van der Waals surface area contributed by atoms with Crippen LogP contribution in [0.1, 0.15) is 52.7 Å². The zero-order chi connectivity index (χ0) is 16.1. The van der Waals surface area contributed by atoms with Crippen LogP contribution in [0.3, 0.4) is 0 Å². The summed E-state index contributed by atoms with van der Waals surface area (Å²) in [7, 11) is 0. The molecule has 118 valence electrons. The monoisotopic (exact) mass is 320 g/mol. The maximum absolute atomic E-state index is 12.7. The number of Topliss-reactive ketones (excluding diaryl/α,β-unsaturated/α-hetero) is 1. The Morgan fingerprint density at radius 1 is 1.23 bits per heavy atom. The fourth-order valence-electron chi connectivity index (χ4n) is 4.07. The second-order valence-electron chi connectivity index (χ2n) is 6.67. The lowest BCUT2D eigenvalue weighted by molar-refractivity contribution is -0.169. The molecule has 3 nitrogen and oxygen atoms in total. The molecule has 1 aromatic carbocycles. The van der Waals surface area contributed by atoms with E-state index in [1.54, 1.807) is 0 Å². The van der Waals surface area contributed by atoms with Gasteiger partial charge < -0.3 is 4.74 Å². The Hall–Kier alpha value is -1.35. The molecule has 0 amide bonds. The van der Waals surface area contributed by atoms with Crippen molar-refractivity contribution in [2.75, 3.05) is 0 Å². The van der Waals surface area contributed by atoms with Crippen LogP contribution in [0.5, 0.6) is 0 Å². The molecule has 0 heterocycles. The van der Waals surface area contributed by atoms with Crippen LogP contribution in [0.25, 0.3) is 0 Å². The summed E-state index contributed by atoms with van der Waals surface area (Å²) in [4.78, 5) is 25.0. The van der Waals surface area contributed by atoms with Gasteiger partial charge in [-0.15, -0.1) is 11.6 Å². The molecular weight excluding hydrogens is 300 g/mol. The van der Waals surface area contributed by atoms with E-state index in [0.29, 0.717) is 12.0 Å². The van der Waals surface area contributed by atoms with Gasteiger partial charge in [0.2, 0.25) is 0 Å². The summed E-state index contributed by atoms with van der Waals surface area (Å²) in [5, 5.41) is -0.492. The lowest BCUT2D eigenvalue weighted by Crippen LogP contribution is -2.67. The van der Waals surface area contributed by atoms with Crippen LogP contribution in [0.2, 0.25) is 0 Å². The summed E-state index contributed by atoms with van der Waals surface area (Å²) in [6, 6.07) is 3.93. The van der Waals surface area contributed by atoms with E-state index in [1.807, 2.05) is 32.9 Å². The van der Waals surface area contributed by atoms with Gasteiger partial charge in [-0.2, -0.15) is 0 Å². The maximum atomic E-state index is 12.7. The number of ketones is 1. The first-order valence-electron chi connectivity index (χ1n) is 7.86. The van der Waals surface area contributed by atoms with Crippen LogP contribution in [0.15, 0.2) is 12.1 Å². The SMILES string of the molecule is Cc1cc(C)c(C(=O)OC23CCCCC2C(Cl)C3=O)c(C)c1. The summed E-state index contributed by atoms with van der Waals surface area (Å²) in [5.74, 6) is -0.529. The largest absolute Gasteiger partial charge is 0.447 e. The van der Waals surface area contributed by atoms with Crippen molar-refractivity contribution in [3.63, 3.8) is 0 Å². The van der Waals surface area contributed by atoms with E-state index in [4.69, 9.17) is 16.3 Å². The number of benzene rings is 1. The van der Waals surface area contributed by atoms with Crippen molar-refractivity contribution >= 4 is 23.4 Å². The molecular formula is C18H21ClO3. The number of rotatable bonds is 2. The van der Waals surface area contributed by atoms with Gasteiger partial charge in [0.15, 0.2) is 11.4 Å². The topological polar surface area (TPSA) is 43.4 Å². The summed E-state index contributed by atoms with van der Waals surface area (Å²) in [6.45, 7) is 5.80. The predicted molar refractivity (Wildman–Crippen MR) is 85.4 cm³/mol. The van der Waals surface area contributed by atoms with Crippen molar-refractivity contribution in [1.82, 2.24) is 0 Å². The van der Waals surface area contributed by atoms with Gasteiger partial charge in [-0.1, -0.05) is 24.1 Å². The second-order valence-corrected chi connectivity index (χ2v) is 7.14. The summed E-state index contributed by atoms with van der Waals surface area (Å²) in [5.41, 5.74) is 2.50. The molecule has 0 radical (unpaired) electrons. The molecule has 1 aromatic rings. The van der Waals surface area contributed by atoms with E-state index < -0.39 is 11.0 Å². The quantitative estimate of drug-likeness (QED) is 0.613. The molecule has 3 unspecified atom stereocenters. The maximum Gasteiger partial charge on any atom is 0.339 e. The van der Waals surface area contributed by atoms with Crippen LogP contribution in [0.4, 0.5) is 0 Å². The van der Waals surface area contributed by atoms with Crippen LogP contribution in [-0.4, -0.2) is 22.7 Å². The fraction of sp³-hybridized carbons (Fsp3) is 0.556. The molecule has 0 aliphatic heterocycles. The van der Waals surface area contributed by atoms with Gasteiger partial charge in [0.25, 0.3) is 0 Å². The number of esters is 1. The summed E-state index contributed by atoms with van der Waals surface area (Å²) >= 11 is 6.13. The van der Waals surface area contributed by atoms with Crippen LogP contribution in [0, 0.1) is 26.7 Å². The average Bonchev–Trinajstić information content (AvgIpc) is 2.45. The lowest BCUT2D eigenvalue weighted by Gasteiger charge is -2.52. The van der Waals surface area contributed by atoms with E-state index in [9.17, 15) is 9.59 Å². The summed E-state index contributed by atoms with van der Waals surface area (Å²) in [6.07, 6.45) is 3.42. The Morgan fingerprint density at radius 2 is 1.86 bits per heavy atom. The highest BCUT2D eigenvalue weighted by Crippen LogP contribution is 2.51. The number of hydrogen-bond acceptors (Lipinski definition) is 3. The van der Waals surface area contributed by atoms with Gasteiger partial charge in [-0.25, -0.2) is 4.79 Å². The van der Waals surface area contributed by atoms with Crippen LogP contribution in [-0.2, 0) is 9.53 Å². The minimum atomic E-state index is -0.967. The Kier molecular flexibility index (Phi) is 3.80.